The lowest BCUT2D eigenvalue weighted by atomic mass is 9.87. The molecule has 41 heavy (non-hydrogen) atoms. The summed E-state index contributed by atoms with van der Waals surface area (Å²) in [5.41, 5.74) is 1.92. The fourth-order valence-corrected chi connectivity index (χ4v) is 5.94. The van der Waals surface area contributed by atoms with Crippen molar-refractivity contribution in [1.29, 1.82) is 0 Å². The maximum Gasteiger partial charge on any atom is 0.416 e. The van der Waals surface area contributed by atoms with Crippen LogP contribution in [0.5, 0.6) is 5.75 Å². The van der Waals surface area contributed by atoms with Crippen molar-refractivity contribution in [2.45, 2.75) is 78.1 Å². The maximum atomic E-state index is 13.9. The zero-order valence-corrected chi connectivity index (χ0v) is 24.4. The molecule has 0 unspecified atom stereocenters. The second-order valence-electron chi connectivity index (χ2n) is 11.5. The Bertz CT molecular complexity index is 1190. The van der Waals surface area contributed by atoms with Crippen molar-refractivity contribution in [3.63, 3.8) is 0 Å². The molecule has 2 aliphatic rings. The fourth-order valence-electron chi connectivity index (χ4n) is 5.94. The molecule has 0 saturated heterocycles. The van der Waals surface area contributed by atoms with E-state index in [1.54, 1.807) is 4.90 Å². The SMILES string of the molecule is Cc1cccc2c1N(C(=O)C1CCCCC1)CCCN(C(C)C)CCN(C(=O)COc1cccc(C(F)(F)F)c1)C2. The molecule has 2 aromatic rings. The first kappa shape index (κ1) is 30.9. The molecule has 224 valence electrons. The van der Waals surface area contributed by atoms with Gasteiger partial charge in [-0.25, -0.2) is 0 Å². The van der Waals surface area contributed by atoms with Crippen LogP contribution in [0.3, 0.4) is 0 Å². The first-order chi connectivity index (χ1) is 19.5. The van der Waals surface area contributed by atoms with Crippen LogP contribution in [-0.2, 0) is 22.3 Å². The Kier molecular flexibility index (Phi) is 10.3. The van der Waals surface area contributed by atoms with Crippen LogP contribution in [0.25, 0.3) is 0 Å². The van der Waals surface area contributed by atoms with E-state index in [4.69, 9.17) is 4.74 Å². The van der Waals surface area contributed by atoms with Crippen LogP contribution in [0, 0.1) is 12.8 Å². The highest BCUT2D eigenvalue weighted by Gasteiger charge is 2.32. The molecule has 2 aromatic carbocycles. The minimum atomic E-state index is -4.50. The van der Waals surface area contributed by atoms with Gasteiger partial charge in [-0.15, -0.1) is 0 Å². The van der Waals surface area contributed by atoms with Gasteiger partial charge in [0, 0.05) is 44.7 Å². The van der Waals surface area contributed by atoms with Crippen LogP contribution in [0.4, 0.5) is 18.9 Å². The van der Waals surface area contributed by atoms with Crippen molar-refractivity contribution in [1.82, 2.24) is 9.80 Å². The Balaban J connectivity index is 1.61. The number of nitrogens with zero attached hydrogens (tertiary/aromatic N) is 3. The number of benzene rings is 2. The lowest BCUT2D eigenvalue weighted by Crippen LogP contribution is -2.42. The van der Waals surface area contributed by atoms with E-state index in [1.807, 2.05) is 30.0 Å². The van der Waals surface area contributed by atoms with Gasteiger partial charge in [0.05, 0.1) is 11.3 Å². The zero-order chi connectivity index (χ0) is 29.6. The quantitative estimate of drug-likeness (QED) is 0.413. The standard InChI is InChI=1S/C32H42F3N3O3/c1-23(2)36-16-9-17-38(31(40)25-11-5-4-6-12-25)30-24(3)10-7-13-26(30)21-37(19-18-36)29(39)22-41-28-15-8-14-27(20-28)32(33,34)35/h7-8,10,13-15,20,23,25H,4-6,9,11-12,16-19,21-22H2,1-3H3. The summed E-state index contributed by atoms with van der Waals surface area (Å²) in [7, 11) is 0. The van der Waals surface area contributed by atoms with Gasteiger partial charge in [-0.1, -0.05) is 43.5 Å². The van der Waals surface area contributed by atoms with Gasteiger partial charge >= 0.3 is 6.18 Å². The number of alkyl halides is 3. The Morgan fingerprint density at radius 3 is 2.39 bits per heavy atom. The summed E-state index contributed by atoms with van der Waals surface area (Å²) in [6.45, 7) is 8.62. The molecular formula is C32H42F3N3O3. The lowest BCUT2D eigenvalue weighted by Gasteiger charge is -2.33. The third kappa shape index (κ3) is 8.03. The van der Waals surface area contributed by atoms with Crippen molar-refractivity contribution in [2.24, 2.45) is 5.92 Å². The average molecular weight is 574 g/mol. The number of hydrogen-bond acceptors (Lipinski definition) is 4. The Labute approximate surface area is 241 Å². The van der Waals surface area contributed by atoms with Crippen LogP contribution >= 0.6 is 0 Å². The molecule has 0 aromatic heterocycles. The van der Waals surface area contributed by atoms with Gasteiger partial charge in [-0.3, -0.25) is 14.5 Å². The highest BCUT2D eigenvalue weighted by molar-refractivity contribution is 5.96. The van der Waals surface area contributed by atoms with Crippen molar-refractivity contribution in [3.05, 3.63) is 59.2 Å². The van der Waals surface area contributed by atoms with Crippen LogP contribution < -0.4 is 9.64 Å². The van der Waals surface area contributed by atoms with E-state index in [1.165, 1.54) is 18.6 Å². The van der Waals surface area contributed by atoms with Crippen LogP contribution in [-0.4, -0.2) is 60.4 Å². The molecular weight excluding hydrogens is 531 g/mol. The zero-order valence-electron chi connectivity index (χ0n) is 24.4. The number of amides is 2. The second kappa shape index (κ2) is 13.7. The smallest absolute Gasteiger partial charge is 0.416 e. The van der Waals surface area contributed by atoms with E-state index in [0.29, 0.717) is 19.6 Å². The summed E-state index contributed by atoms with van der Waals surface area (Å²) in [6.07, 6.45) is 1.45. The Hall–Kier alpha value is -3.07. The van der Waals surface area contributed by atoms with Crippen molar-refractivity contribution >= 4 is 17.5 Å². The number of anilines is 1. The van der Waals surface area contributed by atoms with E-state index in [-0.39, 0.29) is 42.7 Å². The molecule has 1 aliphatic carbocycles. The summed E-state index contributed by atoms with van der Waals surface area (Å²) in [5, 5.41) is 0. The van der Waals surface area contributed by atoms with E-state index < -0.39 is 11.7 Å². The first-order valence-electron chi connectivity index (χ1n) is 14.8. The minimum Gasteiger partial charge on any atom is -0.484 e. The van der Waals surface area contributed by atoms with Gasteiger partial charge < -0.3 is 14.5 Å². The van der Waals surface area contributed by atoms with Gasteiger partial charge in [0.25, 0.3) is 5.91 Å². The molecule has 2 amide bonds. The van der Waals surface area contributed by atoms with Crippen LogP contribution in [0.1, 0.15) is 69.1 Å². The van der Waals surface area contributed by atoms with E-state index in [9.17, 15) is 22.8 Å². The number of carbonyl (C=O) groups excluding carboxylic acids is 2. The molecule has 9 heteroatoms. The molecule has 0 radical (unpaired) electrons. The third-order valence-corrected chi connectivity index (χ3v) is 8.26. The first-order valence-corrected chi connectivity index (χ1v) is 14.8. The van der Waals surface area contributed by atoms with Crippen molar-refractivity contribution in [3.8, 4) is 5.75 Å². The average Bonchev–Trinajstić information content (AvgIpc) is 2.98. The topological polar surface area (TPSA) is 53.1 Å². The summed E-state index contributed by atoms with van der Waals surface area (Å²) in [5.74, 6) is -0.138. The maximum absolute atomic E-state index is 13.9. The van der Waals surface area contributed by atoms with E-state index in [2.05, 4.69) is 18.7 Å². The number of hydrogen-bond donors (Lipinski definition) is 0. The largest absolute Gasteiger partial charge is 0.484 e. The third-order valence-electron chi connectivity index (χ3n) is 8.26. The van der Waals surface area contributed by atoms with Gasteiger partial charge in [0.1, 0.15) is 5.75 Å². The number of ether oxygens (including phenoxy) is 1. The number of para-hydroxylation sites is 1. The predicted octanol–water partition coefficient (Wildman–Crippen LogP) is 6.45. The molecule has 0 bridgehead atoms. The molecule has 0 atom stereocenters. The van der Waals surface area contributed by atoms with E-state index in [0.717, 1.165) is 67.6 Å². The second-order valence-corrected chi connectivity index (χ2v) is 11.5. The predicted molar refractivity (Wildman–Crippen MR) is 154 cm³/mol. The molecule has 0 spiro atoms. The highest BCUT2D eigenvalue weighted by atomic mass is 19.4. The molecule has 1 fully saturated rings. The van der Waals surface area contributed by atoms with Crippen LogP contribution in [0.15, 0.2) is 42.5 Å². The van der Waals surface area contributed by atoms with Gasteiger partial charge in [-0.05, 0) is 69.4 Å². The van der Waals surface area contributed by atoms with E-state index >= 15 is 0 Å². The van der Waals surface area contributed by atoms with Crippen molar-refractivity contribution < 1.29 is 27.5 Å². The Morgan fingerprint density at radius 1 is 0.951 bits per heavy atom. The van der Waals surface area contributed by atoms with Crippen molar-refractivity contribution in [2.75, 3.05) is 37.7 Å². The molecule has 1 heterocycles. The lowest BCUT2D eigenvalue weighted by molar-refractivity contribution is -0.137. The molecule has 1 aliphatic heterocycles. The number of fused-ring (bicyclic) bond motifs is 1. The summed E-state index contributed by atoms with van der Waals surface area (Å²) < 4.78 is 45.1. The Morgan fingerprint density at radius 2 is 1.68 bits per heavy atom. The van der Waals surface area contributed by atoms with Crippen LogP contribution in [0.2, 0.25) is 0 Å². The van der Waals surface area contributed by atoms with Gasteiger partial charge in [-0.2, -0.15) is 13.2 Å². The summed E-state index contributed by atoms with van der Waals surface area (Å²) >= 11 is 0. The number of halogens is 3. The molecule has 6 nitrogen and oxygen atoms in total. The molecule has 4 rings (SSSR count). The monoisotopic (exact) mass is 573 g/mol. The van der Waals surface area contributed by atoms with Gasteiger partial charge in [0.2, 0.25) is 5.91 Å². The minimum absolute atomic E-state index is 0.00431. The number of aryl methyl sites for hydroxylation is 1. The molecule has 1 saturated carbocycles. The number of rotatable bonds is 5. The highest BCUT2D eigenvalue weighted by Crippen LogP contribution is 2.33. The normalized spacial score (nSPS) is 18.1. The molecule has 0 N–H and O–H groups in total. The number of carbonyl (C=O) groups is 2. The summed E-state index contributed by atoms with van der Waals surface area (Å²) in [6, 6.07) is 10.7. The fraction of sp³-hybridized carbons (Fsp3) is 0.562. The van der Waals surface area contributed by atoms with Gasteiger partial charge in [0.15, 0.2) is 6.61 Å². The summed E-state index contributed by atoms with van der Waals surface area (Å²) in [4.78, 5) is 33.4.